The highest BCUT2D eigenvalue weighted by molar-refractivity contribution is 7.99. The number of rotatable bonds is 5. The Hall–Kier alpha value is -2.54. The molecule has 0 bridgehead atoms. The van der Waals surface area contributed by atoms with E-state index in [1.165, 1.54) is 0 Å². The van der Waals surface area contributed by atoms with Crippen LogP contribution in [0.25, 0.3) is 11.5 Å². The van der Waals surface area contributed by atoms with Crippen LogP contribution in [0.3, 0.4) is 0 Å². The fourth-order valence-corrected chi connectivity index (χ4v) is 2.75. The summed E-state index contributed by atoms with van der Waals surface area (Å²) in [5.41, 5.74) is 1.50. The van der Waals surface area contributed by atoms with Gasteiger partial charge in [0.2, 0.25) is 5.89 Å². The number of carbonyl (C=O) groups excluding carboxylic acids is 1. The largest absolute Gasteiger partial charge is 0.411 e. The molecule has 3 aromatic rings. The van der Waals surface area contributed by atoms with Crippen molar-refractivity contribution in [3.63, 3.8) is 0 Å². The number of carbonyl (C=O) groups is 1. The molecule has 1 heterocycles. The first kappa shape index (κ1) is 16.3. The molecule has 0 saturated carbocycles. The Morgan fingerprint density at radius 2 is 1.96 bits per heavy atom. The summed E-state index contributed by atoms with van der Waals surface area (Å²) in [5, 5.41) is 8.01. The molecule has 122 valence electrons. The van der Waals surface area contributed by atoms with Gasteiger partial charge in [-0.1, -0.05) is 30.0 Å². The number of aryl methyl sites for hydroxylation is 1. The van der Waals surface area contributed by atoms with Crippen LogP contribution in [0.5, 0.6) is 0 Å². The summed E-state index contributed by atoms with van der Waals surface area (Å²) < 4.78 is 32.2. The Labute approximate surface area is 140 Å². The number of hydrogen-bond acceptors (Lipinski definition) is 5. The summed E-state index contributed by atoms with van der Waals surface area (Å²) in [5.74, 6) is -1.75. The van der Waals surface area contributed by atoms with Gasteiger partial charge in [0.25, 0.3) is 5.22 Å². The molecule has 4 nitrogen and oxygen atoms in total. The lowest BCUT2D eigenvalue weighted by molar-refractivity contribution is 0.101. The second-order valence-electron chi connectivity index (χ2n) is 5.02. The summed E-state index contributed by atoms with van der Waals surface area (Å²) in [7, 11) is 0. The van der Waals surface area contributed by atoms with Gasteiger partial charge in [-0.25, -0.2) is 8.78 Å². The summed E-state index contributed by atoms with van der Waals surface area (Å²) in [6.07, 6.45) is 0. The molecule has 0 saturated heterocycles. The monoisotopic (exact) mass is 346 g/mol. The molecule has 0 aliphatic heterocycles. The van der Waals surface area contributed by atoms with E-state index in [1.54, 1.807) is 0 Å². The van der Waals surface area contributed by atoms with Gasteiger partial charge >= 0.3 is 0 Å². The van der Waals surface area contributed by atoms with E-state index < -0.39 is 17.4 Å². The third kappa shape index (κ3) is 3.51. The van der Waals surface area contributed by atoms with Crippen LogP contribution in [0.2, 0.25) is 0 Å². The van der Waals surface area contributed by atoms with Crippen molar-refractivity contribution in [1.29, 1.82) is 0 Å². The Bertz CT molecular complexity index is 896. The Morgan fingerprint density at radius 1 is 1.17 bits per heavy atom. The minimum Gasteiger partial charge on any atom is -0.411 e. The molecule has 0 N–H and O–H groups in total. The predicted octanol–water partition coefficient (Wildman–Crippen LogP) is 4.30. The molecule has 0 fully saturated rings. The topological polar surface area (TPSA) is 56.0 Å². The molecule has 0 atom stereocenters. The second kappa shape index (κ2) is 6.92. The molecule has 0 amide bonds. The van der Waals surface area contributed by atoms with Crippen molar-refractivity contribution in [2.24, 2.45) is 0 Å². The zero-order valence-corrected chi connectivity index (χ0v) is 13.4. The molecule has 0 radical (unpaired) electrons. The number of aromatic nitrogens is 2. The van der Waals surface area contributed by atoms with Gasteiger partial charge in [-0.3, -0.25) is 4.79 Å². The van der Waals surface area contributed by atoms with Crippen molar-refractivity contribution in [1.82, 2.24) is 10.2 Å². The highest BCUT2D eigenvalue weighted by Crippen LogP contribution is 2.26. The van der Waals surface area contributed by atoms with Gasteiger partial charge in [0, 0.05) is 5.56 Å². The zero-order valence-electron chi connectivity index (χ0n) is 12.6. The van der Waals surface area contributed by atoms with Gasteiger partial charge < -0.3 is 4.42 Å². The van der Waals surface area contributed by atoms with Crippen molar-refractivity contribution in [3.8, 4) is 11.5 Å². The molecule has 0 spiro atoms. The number of hydrogen-bond donors (Lipinski definition) is 0. The zero-order chi connectivity index (χ0) is 17.1. The highest BCUT2D eigenvalue weighted by atomic mass is 32.2. The van der Waals surface area contributed by atoms with Crippen LogP contribution in [0.4, 0.5) is 8.78 Å². The minimum atomic E-state index is -0.756. The molecule has 7 heteroatoms. The van der Waals surface area contributed by atoms with Crippen LogP contribution >= 0.6 is 11.8 Å². The molecular weight excluding hydrogens is 334 g/mol. The summed E-state index contributed by atoms with van der Waals surface area (Å²) in [6.45, 7) is 1.92. The van der Waals surface area contributed by atoms with E-state index in [9.17, 15) is 13.6 Å². The second-order valence-corrected chi connectivity index (χ2v) is 5.95. The van der Waals surface area contributed by atoms with Crippen LogP contribution in [0, 0.1) is 18.6 Å². The van der Waals surface area contributed by atoms with Crippen LogP contribution < -0.4 is 0 Å². The van der Waals surface area contributed by atoms with E-state index in [0.717, 1.165) is 41.1 Å². The fraction of sp³-hybridized carbons (Fsp3) is 0.118. The smallest absolute Gasteiger partial charge is 0.277 e. The molecule has 24 heavy (non-hydrogen) atoms. The lowest BCUT2D eigenvalue weighted by atomic mass is 10.1. The maximum Gasteiger partial charge on any atom is 0.277 e. The summed E-state index contributed by atoms with van der Waals surface area (Å²) in [4.78, 5) is 12.0. The van der Waals surface area contributed by atoms with Crippen LogP contribution in [0.1, 0.15) is 15.9 Å². The number of halogens is 2. The van der Waals surface area contributed by atoms with Crippen molar-refractivity contribution in [2.45, 2.75) is 12.1 Å². The predicted molar refractivity (Wildman–Crippen MR) is 85.9 cm³/mol. The molecule has 0 aliphatic carbocycles. The lowest BCUT2D eigenvalue weighted by Gasteiger charge is -2.01. The van der Waals surface area contributed by atoms with Gasteiger partial charge in [-0.05, 0) is 36.8 Å². The summed E-state index contributed by atoms with van der Waals surface area (Å²) >= 11 is 0.980. The molecule has 3 rings (SSSR count). The first-order valence-corrected chi connectivity index (χ1v) is 8.03. The van der Waals surface area contributed by atoms with Gasteiger partial charge in [-0.15, -0.1) is 10.2 Å². The van der Waals surface area contributed by atoms with E-state index >= 15 is 0 Å². The Morgan fingerprint density at radius 3 is 2.75 bits per heavy atom. The number of thioether (sulfide) groups is 1. The Kier molecular flexibility index (Phi) is 4.71. The lowest BCUT2D eigenvalue weighted by Crippen LogP contribution is -2.06. The Balaban J connectivity index is 1.71. The van der Waals surface area contributed by atoms with E-state index in [0.29, 0.717) is 5.89 Å². The first-order valence-electron chi connectivity index (χ1n) is 7.05. The number of benzene rings is 2. The fourth-order valence-electron chi connectivity index (χ4n) is 2.11. The molecule has 2 aromatic carbocycles. The van der Waals surface area contributed by atoms with E-state index in [1.807, 2.05) is 31.2 Å². The highest BCUT2D eigenvalue weighted by Gasteiger charge is 2.16. The van der Waals surface area contributed by atoms with Crippen molar-refractivity contribution in [3.05, 3.63) is 65.2 Å². The maximum absolute atomic E-state index is 13.6. The molecule has 1 aromatic heterocycles. The average Bonchev–Trinajstić information content (AvgIpc) is 3.04. The minimum absolute atomic E-state index is 0.129. The summed E-state index contributed by atoms with van der Waals surface area (Å²) in [6, 6.07) is 10.3. The van der Waals surface area contributed by atoms with Crippen LogP contribution in [-0.4, -0.2) is 21.7 Å². The van der Waals surface area contributed by atoms with E-state index in [2.05, 4.69) is 10.2 Å². The average molecular weight is 346 g/mol. The molecule has 0 aliphatic rings. The number of nitrogens with zero attached hydrogens (tertiary/aromatic N) is 2. The SMILES string of the molecule is Cc1ccccc1-c1nnc(SCC(=O)c2cc(F)ccc2F)o1. The van der Waals surface area contributed by atoms with Gasteiger partial charge in [0.05, 0.1) is 11.3 Å². The normalized spacial score (nSPS) is 10.8. The molecular formula is C17H12F2N2O2S. The number of ketones is 1. The van der Waals surface area contributed by atoms with Crippen molar-refractivity contribution >= 4 is 17.5 Å². The molecule has 0 unspecified atom stereocenters. The third-order valence-electron chi connectivity index (χ3n) is 3.34. The van der Waals surface area contributed by atoms with Gasteiger partial charge in [0.1, 0.15) is 11.6 Å². The first-order chi connectivity index (χ1) is 11.5. The quantitative estimate of drug-likeness (QED) is 0.509. The standard InChI is InChI=1S/C17H12F2N2O2S/c1-10-4-2-3-5-12(10)16-20-21-17(23-16)24-9-15(22)13-8-11(18)6-7-14(13)19/h2-8H,9H2,1H3. The van der Waals surface area contributed by atoms with Gasteiger partial charge in [0.15, 0.2) is 5.78 Å². The van der Waals surface area contributed by atoms with E-state index in [-0.39, 0.29) is 16.5 Å². The van der Waals surface area contributed by atoms with Gasteiger partial charge in [-0.2, -0.15) is 0 Å². The maximum atomic E-state index is 13.6. The van der Waals surface area contributed by atoms with Crippen LogP contribution in [-0.2, 0) is 0 Å². The van der Waals surface area contributed by atoms with E-state index in [4.69, 9.17) is 4.42 Å². The third-order valence-corrected chi connectivity index (χ3v) is 4.16. The number of Topliss-reactive ketones (excluding diaryl/α,β-unsaturated/α-hetero) is 1. The van der Waals surface area contributed by atoms with Crippen molar-refractivity contribution in [2.75, 3.05) is 5.75 Å². The van der Waals surface area contributed by atoms with Crippen LogP contribution in [0.15, 0.2) is 52.1 Å². The van der Waals surface area contributed by atoms with Crippen molar-refractivity contribution < 1.29 is 18.0 Å².